The average molecular weight is 494 g/mol. The van der Waals surface area contributed by atoms with Crippen LogP contribution in [0, 0.1) is 6.92 Å². The first-order chi connectivity index (χ1) is 12.6. The summed E-state index contributed by atoms with van der Waals surface area (Å²) in [6.45, 7) is 10.1. The number of hydrogen-bond acceptors (Lipinski definition) is 6. The van der Waals surface area contributed by atoms with Crippen LogP contribution in [0.4, 0.5) is 0 Å². The van der Waals surface area contributed by atoms with Gasteiger partial charge in [-0.2, -0.15) is 0 Å². The van der Waals surface area contributed by atoms with E-state index in [4.69, 9.17) is 9.26 Å². The van der Waals surface area contributed by atoms with Crippen LogP contribution in [0.25, 0.3) is 0 Å². The van der Waals surface area contributed by atoms with Gasteiger partial charge in [0.15, 0.2) is 5.96 Å². The summed E-state index contributed by atoms with van der Waals surface area (Å²) in [6, 6.07) is 1.97. The summed E-state index contributed by atoms with van der Waals surface area (Å²) in [5.41, 5.74) is 0.962. The van der Waals surface area contributed by atoms with Crippen molar-refractivity contribution in [3.8, 4) is 0 Å². The lowest BCUT2D eigenvalue weighted by Gasteiger charge is -2.36. The van der Waals surface area contributed by atoms with Crippen LogP contribution in [-0.4, -0.2) is 86.4 Å². The highest BCUT2D eigenvalue weighted by Gasteiger charge is 2.20. The molecule has 27 heavy (non-hydrogen) atoms. The van der Waals surface area contributed by atoms with Crippen LogP contribution in [0.1, 0.15) is 18.4 Å². The molecule has 10 heteroatoms. The number of rotatable bonds is 8. The highest BCUT2D eigenvalue weighted by Crippen LogP contribution is 2.09. The molecule has 0 bridgehead atoms. The Labute approximate surface area is 177 Å². The topological polar surface area (TPSA) is 95.2 Å². The number of guanidine groups is 1. The molecule has 1 aromatic rings. The standard InChI is InChI=1S/C17H30N6O3.HI/c1-4-18-17(20-12-16(24)19-5-10-25-3)23-8-6-22(7-9-23)13-15-11-14(2)26-21-15;/h11H,4-10,12-13H2,1-3H3,(H,18,20)(H,19,24);1H. The van der Waals surface area contributed by atoms with Crippen LogP contribution in [0.3, 0.4) is 0 Å². The summed E-state index contributed by atoms with van der Waals surface area (Å²) in [5.74, 6) is 1.52. The first kappa shape index (κ1) is 23.6. The number of carbonyl (C=O) groups is 1. The normalized spacial score (nSPS) is 15.4. The number of hydrogen-bond donors (Lipinski definition) is 2. The van der Waals surface area contributed by atoms with Gasteiger partial charge < -0.3 is 24.8 Å². The Kier molecular flexibility index (Phi) is 11.3. The zero-order valence-corrected chi connectivity index (χ0v) is 18.7. The third-order valence-electron chi connectivity index (χ3n) is 4.07. The van der Waals surface area contributed by atoms with E-state index in [0.717, 1.165) is 56.7 Å². The lowest BCUT2D eigenvalue weighted by molar-refractivity contribution is -0.119. The molecule has 1 fully saturated rings. The average Bonchev–Trinajstić information content (AvgIpc) is 3.04. The zero-order chi connectivity index (χ0) is 18.8. The van der Waals surface area contributed by atoms with Crippen LogP contribution in [-0.2, 0) is 16.1 Å². The Morgan fingerprint density at radius 3 is 2.67 bits per heavy atom. The summed E-state index contributed by atoms with van der Waals surface area (Å²) in [7, 11) is 1.61. The lowest BCUT2D eigenvalue weighted by Crippen LogP contribution is -2.52. The van der Waals surface area contributed by atoms with Crippen molar-refractivity contribution < 1.29 is 14.1 Å². The predicted molar refractivity (Wildman–Crippen MR) is 114 cm³/mol. The summed E-state index contributed by atoms with van der Waals surface area (Å²) < 4.78 is 10.0. The molecule has 1 aromatic heterocycles. The second-order valence-corrected chi connectivity index (χ2v) is 6.21. The number of nitrogens with zero attached hydrogens (tertiary/aromatic N) is 4. The van der Waals surface area contributed by atoms with E-state index >= 15 is 0 Å². The molecule has 0 saturated carbocycles. The van der Waals surface area contributed by atoms with E-state index in [0.29, 0.717) is 13.2 Å². The number of aliphatic imine (C=N–C) groups is 1. The number of aryl methyl sites for hydroxylation is 1. The van der Waals surface area contributed by atoms with Gasteiger partial charge in [0.2, 0.25) is 5.91 Å². The third kappa shape index (κ3) is 8.43. The molecule has 0 aromatic carbocycles. The van der Waals surface area contributed by atoms with Gasteiger partial charge in [0.05, 0.1) is 12.3 Å². The second-order valence-electron chi connectivity index (χ2n) is 6.21. The Bertz CT molecular complexity index is 587. The van der Waals surface area contributed by atoms with Gasteiger partial charge in [-0.1, -0.05) is 5.16 Å². The predicted octanol–water partition coefficient (Wildman–Crippen LogP) is 0.447. The number of methoxy groups -OCH3 is 1. The van der Waals surface area contributed by atoms with Gasteiger partial charge in [-0.3, -0.25) is 9.69 Å². The van der Waals surface area contributed by atoms with Gasteiger partial charge in [0.25, 0.3) is 0 Å². The summed E-state index contributed by atoms with van der Waals surface area (Å²) >= 11 is 0. The molecule has 0 radical (unpaired) electrons. The fraction of sp³-hybridized carbons (Fsp3) is 0.706. The third-order valence-corrected chi connectivity index (χ3v) is 4.07. The van der Waals surface area contributed by atoms with Crippen molar-refractivity contribution in [3.05, 3.63) is 17.5 Å². The number of halogens is 1. The summed E-state index contributed by atoms with van der Waals surface area (Å²) in [6.07, 6.45) is 0. The molecule has 2 rings (SSSR count). The number of nitrogens with one attached hydrogen (secondary N) is 2. The molecule has 1 aliphatic rings. The van der Waals surface area contributed by atoms with E-state index in [1.165, 1.54) is 0 Å². The molecule has 0 spiro atoms. The first-order valence-electron chi connectivity index (χ1n) is 9.05. The monoisotopic (exact) mass is 494 g/mol. The van der Waals surface area contributed by atoms with Crippen molar-refractivity contribution in [3.63, 3.8) is 0 Å². The Hall–Kier alpha value is -1.40. The second kappa shape index (κ2) is 12.9. The number of piperazine rings is 1. The van der Waals surface area contributed by atoms with Crippen molar-refractivity contribution in [1.82, 2.24) is 25.6 Å². The van der Waals surface area contributed by atoms with Gasteiger partial charge in [0, 0.05) is 59.0 Å². The fourth-order valence-electron chi connectivity index (χ4n) is 2.76. The number of ether oxygens (including phenoxy) is 1. The number of carbonyl (C=O) groups excluding carboxylic acids is 1. The maximum Gasteiger partial charge on any atom is 0.241 e. The minimum Gasteiger partial charge on any atom is -0.383 e. The molecular weight excluding hydrogens is 463 g/mol. The number of amides is 1. The van der Waals surface area contributed by atoms with Crippen LogP contribution in [0.5, 0.6) is 0 Å². The van der Waals surface area contributed by atoms with Gasteiger partial charge in [0.1, 0.15) is 12.3 Å². The van der Waals surface area contributed by atoms with Gasteiger partial charge in [-0.25, -0.2) is 4.99 Å². The maximum atomic E-state index is 11.8. The van der Waals surface area contributed by atoms with E-state index in [9.17, 15) is 4.79 Å². The number of aromatic nitrogens is 1. The van der Waals surface area contributed by atoms with Gasteiger partial charge in [-0.15, -0.1) is 24.0 Å². The highest BCUT2D eigenvalue weighted by molar-refractivity contribution is 14.0. The largest absolute Gasteiger partial charge is 0.383 e. The molecule has 154 valence electrons. The lowest BCUT2D eigenvalue weighted by atomic mass is 10.3. The van der Waals surface area contributed by atoms with Crippen molar-refractivity contribution in [1.29, 1.82) is 0 Å². The maximum absolute atomic E-state index is 11.8. The summed E-state index contributed by atoms with van der Waals surface area (Å²) in [5, 5.41) is 10.1. The Balaban J connectivity index is 0.00000364. The molecule has 0 aliphatic carbocycles. The smallest absolute Gasteiger partial charge is 0.241 e. The molecule has 2 N–H and O–H groups in total. The molecule has 1 aliphatic heterocycles. The van der Waals surface area contributed by atoms with E-state index in [-0.39, 0.29) is 36.4 Å². The van der Waals surface area contributed by atoms with Crippen molar-refractivity contribution >= 4 is 35.8 Å². The van der Waals surface area contributed by atoms with Crippen molar-refractivity contribution in [2.45, 2.75) is 20.4 Å². The quantitative estimate of drug-likeness (QED) is 0.235. The van der Waals surface area contributed by atoms with Gasteiger partial charge >= 0.3 is 0 Å². The van der Waals surface area contributed by atoms with Crippen LogP contribution < -0.4 is 10.6 Å². The minimum atomic E-state index is -0.0995. The molecule has 9 nitrogen and oxygen atoms in total. The van der Waals surface area contributed by atoms with E-state index in [1.54, 1.807) is 7.11 Å². The van der Waals surface area contributed by atoms with Crippen molar-refractivity contribution in [2.75, 3.05) is 59.5 Å². The van der Waals surface area contributed by atoms with Crippen LogP contribution >= 0.6 is 24.0 Å². The van der Waals surface area contributed by atoms with Crippen molar-refractivity contribution in [2.24, 2.45) is 4.99 Å². The van der Waals surface area contributed by atoms with Crippen LogP contribution in [0.2, 0.25) is 0 Å². The molecule has 2 heterocycles. The SMILES string of the molecule is CCNC(=NCC(=O)NCCOC)N1CCN(Cc2cc(C)on2)CC1.I. The van der Waals surface area contributed by atoms with E-state index in [2.05, 4.69) is 30.6 Å². The summed E-state index contributed by atoms with van der Waals surface area (Å²) in [4.78, 5) is 20.8. The van der Waals surface area contributed by atoms with Crippen LogP contribution in [0.15, 0.2) is 15.6 Å². The highest BCUT2D eigenvalue weighted by atomic mass is 127. The minimum absolute atomic E-state index is 0. The molecule has 1 amide bonds. The van der Waals surface area contributed by atoms with Gasteiger partial charge in [-0.05, 0) is 13.8 Å². The molecular formula is C17H31IN6O3. The molecule has 1 saturated heterocycles. The fourth-order valence-corrected chi connectivity index (χ4v) is 2.76. The zero-order valence-electron chi connectivity index (χ0n) is 16.4. The Morgan fingerprint density at radius 2 is 2.07 bits per heavy atom. The first-order valence-corrected chi connectivity index (χ1v) is 9.05. The molecule has 0 unspecified atom stereocenters. The van der Waals surface area contributed by atoms with E-state index < -0.39 is 0 Å². The molecule has 0 atom stereocenters. The Morgan fingerprint density at radius 1 is 1.33 bits per heavy atom. The van der Waals surface area contributed by atoms with E-state index in [1.807, 2.05) is 19.9 Å².